The molecule has 0 aromatic heterocycles. The summed E-state index contributed by atoms with van der Waals surface area (Å²) in [5, 5.41) is 8.43. The van der Waals surface area contributed by atoms with Crippen molar-refractivity contribution in [2.45, 2.75) is 20.8 Å². The van der Waals surface area contributed by atoms with Gasteiger partial charge in [0.1, 0.15) is 6.11 Å². The van der Waals surface area contributed by atoms with Crippen LogP contribution in [0.3, 0.4) is 0 Å². The molecule has 0 rings (SSSR count). The van der Waals surface area contributed by atoms with Gasteiger partial charge >= 0.3 is 0 Å². The van der Waals surface area contributed by atoms with Crippen molar-refractivity contribution < 1.29 is 5.11 Å². The van der Waals surface area contributed by atoms with E-state index in [9.17, 15) is 0 Å². The average Bonchev–Trinajstić information content (AvgIpc) is 2.17. The van der Waals surface area contributed by atoms with E-state index in [1.54, 1.807) is 0 Å². The Kier molecular flexibility index (Phi) is 7.23. The number of aliphatic hydroxyl groups is 1. The summed E-state index contributed by atoms with van der Waals surface area (Å²) in [4.78, 5) is 4.25. The number of hydrogen-bond acceptors (Lipinski definition) is 3. The lowest BCUT2D eigenvalue weighted by Crippen LogP contribution is -2.32. The summed E-state index contributed by atoms with van der Waals surface area (Å²) in [7, 11) is 0. The smallest absolute Gasteiger partial charge is 0.131 e. The SMILES string of the molecule is CCN(C#CO)CCN(CC)CC. The van der Waals surface area contributed by atoms with Gasteiger partial charge in [0.15, 0.2) is 0 Å². The van der Waals surface area contributed by atoms with E-state index in [2.05, 4.69) is 24.8 Å². The van der Waals surface area contributed by atoms with Gasteiger partial charge in [-0.3, -0.25) is 0 Å². The zero-order chi connectivity index (χ0) is 10.1. The van der Waals surface area contributed by atoms with Crippen LogP contribution in [0, 0.1) is 12.2 Å². The van der Waals surface area contributed by atoms with E-state index < -0.39 is 0 Å². The summed E-state index contributed by atoms with van der Waals surface area (Å²) in [6.07, 6.45) is 1.94. The van der Waals surface area contributed by atoms with E-state index in [0.717, 1.165) is 32.7 Å². The maximum Gasteiger partial charge on any atom is 0.131 e. The van der Waals surface area contributed by atoms with Crippen LogP contribution in [0.25, 0.3) is 0 Å². The van der Waals surface area contributed by atoms with Crippen LogP contribution in [-0.4, -0.2) is 47.6 Å². The number of rotatable bonds is 6. The molecule has 13 heavy (non-hydrogen) atoms. The summed E-state index contributed by atoms with van der Waals surface area (Å²) in [6.45, 7) is 11.2. The van der Waals surface area contributed by atoms with Gasteiger partial charge in [-0.15, -0.1) is 0 Å². The minimum atomic E-state index is 0.856. The molecule has 0 aliphatic heterocycles. The van der Waals surface area contributed by atoms with Crippen molar-refractivity contribution in [1.29, 1.82) is 0 Å². The number of aliphatic hydroxyl groups excluding tert-OH is 1. The minimum Gasteiger partial charge on any atom is -0.461 e. The molecule has 0 spiro atoms. The van der Waals surface area contributed by atoms with Crippen molar-refractivity contribution in [2.24, 2.45) is 0 Å². The molecular weight excluding hydrogens is 164 g/mol. The second-order valence-electron chi connectivity index (χ2n) is 2.83. The molecule has 1 N–H and O–H groups in total. The van der Waals surface area contributed by atoms with Crippen LogP contribution in [-0.2, 0) is 0 Å². The lowest BCUT2D eigenvalue weighted by atomic mass is 10.4. The van der Waals surface area contributed by atoms with Gasteiger partial charge in [-0.25, -0.2) is 0 Å². The average molecular weight is 184 g/mol. The Labute approximate surface area is 81.3 Å². The molecule has 0 fully saturated rings. The van der Waals surface area contributed by atoms with E-state index in [1.165, 1.54) is 0 Å². The fourth-order valence-corrected chi connectivity index (χ4v) is 1.17. The van der Waals surface area contributed by atoms with Crippen molar-refractivity contribution in [3.63, 3.8) is 0 Å². The normalized spacial score (nSPS) is 9.54. The molecule has 0 unspecified atom stereocenters. The molecule has 0 atom stereocenters. The van der Waals surface area contributed by atoms with Crippen LogP contribution in [0.1, 0.15) is 20.8 Å². The fourth-order valence-electron chi connectivity index (χ4n) is 1.17. The summed E-state index contributed by atoms with van der Waals surface area (Å²) in [5.74, 6) is 0. The Hall–Kier alpha value is -0.880. The molecule has 0 amide bonds. The highest BCUT2D eigenvalue weighted by Crippen LogP contribution is 1.90. The van der Waals surface area contributed by atoms with Gasteiger partial charge in [0.25, 0.3) is 0 Å². The predicted octanol–water partition coefficient (Wildman–Crippen LogP) is 0.941. The summed E-state index contributed by atoms with van der Waals surface area (Å²) in [5.41, 5.74) is 0. The number of likely N-dealkylation sites (N-methyl/N-ethyl adjacent to an activating group) is 2. The first kappa shape index (κ1) is 12.1. The van der Waals surface area contributed by atoms with Crippen molar-refractivity contribution in [3.8, 4) is 12.2 Å². The molecule has 76 valence electrons. The number of nitrogens with zero attached hydrogens (tertiary/aromatic N) is 2. The lowest BCUT2D eigenvalue weighted by molar-refractivity contribution is 0.265. The van der Waals surface area contributed by atoms with Crippen molar-refractivity contribution in [3.05, 3.63) is 0 Å². The van der Waals surface area contributed by atoms with Crippen LogP contribution < -0.4 is 0 Å². The lowest BCUT2D eigenvalue weighted by Gasteiger charge is -2.21. The van der Waals surface area contributed by atoms with E-state index in [-0.39, 0.29) is 0 Å². The van der Waals surface area contributed by atoms with Crippen molar-refractivity contribution in [2.75, 3.05) is 32.7 Å². The van der Waals surface area contributed by atoms with Gasteiger partial charge in [-0.05, 0) is 20.0 Å². The Morgan fingerprint density at radius 1 is 1.00 bits per heavy atom. The summed E-state index contributed by atoms with van der Waals surface area (Å²) in [6, 6.07) is 2.65. The molecule has 3 heteroatoms. The highest BCUT2D eigenvalue weighted by molar-refractivity contribution is 4.89. The largest absolute Gasteiger partial charge is 0.461 e. The molecule has 0 bridgehead atoms. The Morgan fingerprint density at radius 3 is 2.00 bits per heavy atom. The molecule has 0 radical (unpaired) electrons. The number of hydrogen-bond donors (Lipinski definition) is 1. The van der Waals surface area contributed by atoms with Crippen LogP contribution in [0.2, 0.25) is 0 Å². The maximum atomic E-state index is 8.43. The van der Waals surface area contributed by atoms with E-state index in [4.69, 9.17) is 5.11 Å². The zero-order valence-corrected chi connectivity index (χ0v) is 8.88. The molecule has 0 saturated carbocycles. The van der Waals surface area contributed by atoms with E-state index in [1.807, 2.05) is 17.9 Å². The third-order valence-corrected chi connectivity index (χ3v) is 2.17. The molecule has 0 aliphatic carbocycles. The van der Waals surface area contributed by atoms with Crippen LogP contribution in [0.4, 0.5) is 0 Å². The molecule has 0 aromatic rings. The van der Waals surface area contributed by atoms with Crippen molar-refractivity contribution >= 4 is 0 Å². The van der Waals surface area contributed by atoms with E-state index >= 15 is 0 Å². The first-order valence-electron chi connectivity index (χ1n) is 4.90. The summed E-state index contributed by atoms with van der Waals surface area (Å²) < 4.78 is 0. The highest BCUT2D eigenvalue weighted by atomic mass is 16.2. The van der Waals surface area contributed by atoms with Gasteiger partial charge in [-0.1, -0.05) is 13.8 Å². The van der Waals surface area contributed by atoms with Gasteiger partial charge < -0.3 is 14.9 Å². The minimum absolute atomic E-state index is 0.856. The van der Waals surface area contributed by atoms with Gasteiger partial charge in [0.05, 0.1) is 6.04 Å². The Bertz CT molecular complexity index is 167. The monoisotopic (exact) mass is 184 g/mol. The quantitative estimate of drug-likeness (QED) is 0.491. The first-order valence-corrected chi connectivity index (χ1v) is 4.90. The maximum absolute atomic E-state index is 8.43. The summed E-state index contributed by atoms with van der Waals surface area (Å²) >= 11 is 0. The molecule has 0 heterocycles. The van der Waals surface area contributed by atoms with E-state index in [0.29, 0.717) is 0 Å². The third-order valence-electron chi connectivity index (χ3n) is 2.17. The Balaban J connectivity index is 3.73. The first-order chi connectivity index (χ1) is 6.28. The second kappa shape index (κ2) is 7.75. The molecule has 0 saturated heterocycles. The van der Waals surface area contributed by atoms with Crippen LogP contribution in [0.15, 0.2) is 0 Å². The standard InChI is InChI=1S/C10H20N2O/c1-4-11(5-2)7-8-12(6-3)9-10-13/h13H,4-8H2,1-3H3. The van der Waals surface area contributed by atoms with Gasteiger partial charge in [0, 0.05) is 19.6 Å². The topological polar surface area (TPSA) is 26.7 Å². The predicted molar refractivity (Wildman–Crippen MR) is 54.7 cm³/mol. The molecular formula is C10H20N2O. The zero-order valence-electron chi connectivity index (χ0n) is 8.88. The Morgan fingerprint density at radius 2 is 1.62 bits per heavy atom. The van der Waals surface area contributed by atoms with Crippen molar-refractivity contribution in [1.82, 2.24) is 9.80 Å². The van der Waals surface area contributed by atoms with Gasteiger partial charge in [0.2, 0.25) is 0 Å². The van der Waals surface area contributed by atoms with Crippen LogP contribution >= 0.6 is 0 Å². The molecule has 0 aromatic carbocycles. The molecule has 3 nitrogen and oxygen atoms in total. The third kappa shape index (κ3) is 5.37. The highest BCUT2D eigenvalue weighted by Gasteiger charge is 2.01. The second-order valence-corrected chi connectivity index (χ2v) is 2.83. The van der Waals surface area contributed by atoms with Gasteiger partial charge in [-0.2, -0.15) is 0 Å². The fraction of sp³-hybridized carbons (Fsp3) is 0.800. The van der Waals surface area contributed by atoms with Crippen LogP contribution in [0.5, 0.6) is 0 Å². The molecule has 0 aliphatic rings.